The van der Waals surface area contributed by atoms with Crippen molar-refractivity contribution in [2.24, 2.45) is 17.6 Å². The summed E-state index contributed by atoms with van der Waals surface area (Å²) in [6.07, 6.45) is -3.33. The lowest BCUT2D eigenvalue weighted by Crippen LogP contribution is -2.45. The molecule has 2 N–H and O–H groups in total. The molecule has 10 heteroatoms. The second kappa shape index (κ2) is 10.2. The number of anilines is 1. The zero-order valence-electron chi connectivity index (χ0n) is 20.5. The monoisotopic (exact) mass is 492 g/mol. The van der Waals surface area contributed by atoms with Crippen LogP contribution in [-0.4, -0.2) is 92.3 Å². The van der Waals surface area contributed by atoms with E-state index in [-0.39, 0.29) is 30.4 Å². The van der Waals surface area contributed by atoms with Crippen LogP contribution in [0.4, 0.5) is 14.5 Å². The number of Topliss-reactive ketones (excluding diaryl/α,β-unsaturated/α-hetero) is 1. The highest BCUT2D eigenvalue weighted by Crippen LogP contribution is 2.39. The number of primary amides is 1. The Bertz CT molecular complexity index is 980. The molecule has 0 aromatic heterocycles. The largest absolute Gasteiger partial charge is 0.369 e. The number of carbonyl (C=O) groups is 3. The molecule has 1 aromatic rings. The maximum absolute atomic E-state index is 13.9. The van der Waals surface area contributed by atoms with Crippen LogP contribution >= 0.6 is 0 Å². The molecule has 35 heavy (non-hydrogen) atoms. The third-order valence-electron chi connectivity index (χ3n) is 7.38. The van der Waals surface area contributed by atoms with Gasteiger partial charge in [0.1, 0.15) is 12.6 Å². The molecule has 3 saturated heterocycles. The van der Waals surface area contributed by atoms with E-state index >= 15 is 0 Å². The van der Waals surface area contributed by atoms with Crippen molar-refractivity contribution in [3.05, 3.63) is 29.3 Å². The number of rotatable bonds is 7. The first-order valence-corrected chi connectivity index (χ1v) is 12.2. The van der Waals surface area contributed by atoms with Gasteiger partial charge in [0.2, 0.25) is 18.2 Å². The maximum Gasteiger partial charge on any atom is 0.249 e. The van der Waals surface area contributed by atoms with Crippen LogP contribution in [0.1, 0.15) is 42.1 Å². The second-order valence-corrected chi connectivity index (χ2v) is 10.3. The summed E-state index contributed by atoms with van der Waals surface area (Å²) < 4.78 is 32.8. The van der Waals surface area contributed by atoms with Gasteiger partial charge in [0.05, 0.1) is 17.9 Å². The molecule has 3 heterocycles. The molecule has 0 bridgehead atoms. The van der Waals surface area contributed by atoms with Crippen LogP contribution in [0.2, 0.25) is 0 Å². The lowest BCUT2D eigenvalue weighted by molar-refractivity contribution is -0.138. The van der Waals surface area contributed by atoms with Crippen LogP contribution in [0, 0.1) is 11.8 Å². The molecule has 3 aliphatic heterocycles. The van der Waals surface area contributed by atoms with E-state index in [2.05, 4.69) is 16.8 Å². The van der Waals surface area contributed by atoms with Crippen LogP contribution in [0.5, 0.6) is 0 Å². The van der Waals surface area contributed by atoms with Crippen molar-refractivity contribution in [1.29, 1.82) is 0 Å². The number of hydrogen-bond acceptors (Lipinski definition) is 6. The maximum atomic E-state index is 13.9. The van der Waals surface area contributed by atoms with E-state index in [1.54, 1.807) is 6.07 Å². The number of piperazine rings is 1. The van der Waals surface area contributed by atoms with Gasteiger partial charge in [-0.25, -0.2) is 8.78 Å². The second-order valence-electron chi connectivity index (χ2n) is 10.3. The normalized spacial score (nSPS) is 26.0. The highest BCUT2D eigenvalue weighted by atomic mass is 19.3. The van der Waals surface area contributed by atoms with Crippen LogP contribution in [0.15, 0.2) is 18.2 Å². The molecule has 4 rings (SSSR count). The molecule has 0 unspecified atom stereocenters. The summed E-state index contributed by atoms with van der Waals surface area (Å²) in [7, 11) is 2.06. The third-order valence-corrected chi connectivity index (χ3v) is 7.38. The van der Waals surface area contributed by atoms with Crippen LogP contribution in [0.3, 0.4) is 0 Å². The summed E-state index contributed by atoms with van der Waals surface area (Å²) in [6, 6.07) is 4.29. The molecule has 0 spiro atoms. The van der Waals surface area contributed by atoms with Crippen LogP contribution in [0.25, 0.3) is 0 Å². The number of likely N-dealkylation sites (N-methyl/N-ethyl adjacent to an activating group) is 1. The fraction of sp³-hybridized carbons (Fsp3) is 0.640. The number of carbonyl (C=O) groups excluding carboxylic acids is 3. The summed E-state index contributed by atoms with van der Waals surface area (Å²) in [5.74, 6) is -3.41. The van der Waals surface area contributed by atoms with E-state index in [4.69, 9.17) is 10.5 Å². The summed E-state index contributed by atoms with van der Waals surface area (Å²) in [5.41, 5.74) is 7.29. The Morgan fingerprint density at radius 2 is 1.86 bits per heavy atom. The van der Waals surface area contributed by atoms with Gasteiger partial charge in [0.15, 0.2) is 5.78 Å². The minimum absolute atomic E-state index is 0.0665. The van der Waals surface area contributed by atoms with Crippen LogP contribution < -0.4 is 10.6 Å². The van der Waals surface area contributed by atoms with Crippen molar-refractivity contribution in [3.8, 4) is 0 Å². The van der Waals surface area contributed by atoms with Gasteiger partial charge in [0.25, 0.3) is 0 Å². The van der Waals surface area contributed by atoms with Gasteiger partial charge < -0.3 is 25.2 Å². The van der Waals surface area contributed by atoms with Crippen molar-refractivity contribution in [1.82, 2.24) is 9.80 Å². The van der Waals surface area contributed by atoms with E-state index in [1.807, 2.05) is 26.0 Å². The van der Waals surface area contributed by atoms with Gasteiger partial charge in [-0.3, -0.25) is 14.4 Å². The molecular weight excluding hydrogens is 458 g/mol. The zero-order chi connectivity index (χ0) is 25.4. The lowest BCUT2D eigenvalue weighted by Gasteiger charge is -2.35. The number of amides is 2. The number of fused-ring (bicyclic) bond motifs is 1. The SMILES string of the molecule is CC(C)C[C@H](C(=O)N1C[C@@H](C(F)F)[C@H]2OCC(=O)[C@H]21)c1cc(N2CCN(C)CC2)ccc1C(N)=O. The van der Waals surface area contributed by atoms with E-state index in [9.17, 15) is 23.2 Å². The van der Waals surface area contributed by atoms with Crippen molar-refractivity contribution in [2.75, 3.05) is 51.3 Å². The standard InChI is InChI=1S/C25H34F2N4O4/c1-14(2)10-18(25(34)31-12-19(23(26)27)22-21(31)20(32)13-35-22)17-11-15(4-5-16(17)24(28)33)30-8-6-29(3)7-9-30/h4-5,11,14,18-19,21-23H,6-10,12-13H2,1-3H3,(H2,28,33)/t18-,19+,21+,22+/m0/s1. The van der Waals surface area contributed by atoms with Gasteiger partial charge in [-0.15, -0.1) is 0 Å². The number of benzene rings is 1. The predicted octanol–water partition coefficient (Wildman–Crippen LogP) is 1.73. The van der Waals surface area contributed by atoms with Gasteiger partial charge in [-0.05, 0) is 43.1 Å². The Labute approximate surface area is 204 Å². The Hall–Kier alpha value is -2.59. The summed E-state index contributed by atoms with van der Waals surface area (Å²) in [6.45, 7) is 6.74. The van der Waals surface area contributed by atoms with Crippen molar-refractivity contribution >= 4 is 23.3 Å². The number of ether oxygens (including phenoxy) is 1. The predicted molar refractivity (Wildman–Crippen MR) is 127 cm³/mol. The molecule has 192 valence electrons. The van der Waals surface area contributed by atoms with Gasteiger partial charge in [-0.1, -0.05) is 13.8 Å². The molecule has 8 nitrogen and oxygen atoms in total. The quantitative estimate of drug-likeness (QED) is 0.623. The number of hydrogen-bond donors (Lipinski definition) is 1. The van der Waals surface area contributed by atoms with Crippen molar-refractivity contribution < 1.29 is 27.9 Å². The molecule has 3 aliphatic rings. The fourth-order valence-corrected chi connectivity index (χ4v) is 5.50. The third kappa shape index (κ3) is 5.04. The molecule has 4 atom stereocenters. The molecule has 1 aromatic carbocycles. The summed E-state index contributed by atoms with van der Waals surface area (Å²) >= 11 is 0. The fourth-order valence-electron chi connectivity index (χ4n) is 5.50. The Morgan fingerprint density at radius 1 is 1.17 bits per heavy atom. The first-order valence-electron chi connectivity index (χ1n) is 12.2. The highest BCUT2D eigenvalue weighted by Gasteiger charge is 2.55. The first-order chi connectivity index (χ1) is 16.6. The molecule has 0 aliphatic carbocycles. The zero-order valence-corrected chi connectivity index (χ0v) is 20.5. The highest BCUT2D eigenvalue weighted by molar-refractivity contribution is 5.99. The Balaban J connectivity index is 1.72. The van der Waals surface area contributed by atoms with E-state index < -0.39 is 42.2 Å². The van der Waals surface area contributed by atoms with Gasteiger partial charge in [-0.2, -0.15) is 0 Å². The van der Waals surface area contributed by atoms with Crippen molar-refractivity contribution in [3.63, 3.8) is 0 Å². The molecule has 0 radical (unpaired) electrons. The van der Waals surface area contributed by atoms with E-state index in [0.29, 0.717) is 12.0 Å². The number of halogens is 2. The lowest BCUT2D eigenvalue weighted by atomic mass is 9.85. The van der Waals surface area contributed by atoms with E-state index in [0.717, 1.165) is 31.9 Å². The average molecular weight is 493 g/mol. The minimum Gasteiger partial charge on any atom is -0.369 e. The topological polar surface area (TPSA) is 96.2 Å². The van der Waals surface area contributed by atoms with E-state index in [1.165, 1.54) is 4.90 Å². The number of ketones is 1. The van der Waals surface area contributed by atoms with Crippen molar-refractivity contribution in [2.45, 2.75) is 44.8 Å². The van der Waals surface area contributed by atoms with Gasteiger partial charge in [0, 0.05) is 44.0 Å². The number of likely N-dealkylation sites (tertiary alicyclic amines) is 1. The average Bonchev–Trinajstić information content (AvgIpc) is 3.38. The summed E-state index contributed by atoms with van der Waals surface area (Å²) in [4.78, 5) is 44.5. The Kier molecular flexibility index (Phi) is 7.42. The number of alkyl halides is 2. The first kappa shape index (κ1) is 25.5. The molecule has 0 saturated carbocycles. The number of nitrogens with two attached hydrogens (primary N) is 1. The summed E-state index contributed by atoms with van der Waals surface area (Å²) in [5, 5.41) is 0. The molecule has 3 fully saturated rings. The molecular formula is C25H34F2N4O4. The Morgan fingerprint density at radius 3 is 2.46 bits per heavy atom. The minimum atomic E-state index is -2.71. The number of nitrogens with zero attached hydrogens (tertiary/aromatic N) is 3. The van der Waals surface area contributed by atoms with Gasteiger partial charge >= 0.3 is 0 Å². The van der Waals surface area contributed by atoms with Crippen LogP contribution in [-0.2, 0) is 14.3 Å². The molecule has 2 amide bonds. The smallest absolute Gasteiger partial charge is 0.249 e.